The normalized spacial score (nSPS) is 10.2. The van der Waals surface area contributed by atoms with Crippen LogP contribution in [0.2, 0.25) is 10.0 Å². The van der Waals surface area contributed by atoms with Gasteiger partial charge in [-0.25, -0.2) is 4.98 Å². The van der Waals surface area contributed by atoms with Gasteiger partial charge in [-0.1, -0.05) is 23.2 Å². The van der Waals surface area contributed by atoms with Crippen LogP contribution in [0.25, 0.3) is 11.4 Å². The molecule has 0 saturated carbocycles. The molecule has 0 aliphatic carbocycles. The van der Waals surface area contributed by atoms with Crippen LogP contribution >= 0.6 is 23.2 Å². The summed E-state index contributed by atoms with van der Waals surface area (Å²) in [5, 5.41) is 1.09. The Balaban J connectivity index is 2.49. The van der Waals surface area contributed by atoms with E-state index >= 15 is 0 Å². The lowest BCUT2D eigenvalue weighted by Crippen LogP contribution is -1.93. The van der Waals surface area contributed by atoms with Crippen LogP contribution in [0.15, 0.2) is 30.5 Å². The van der Waals surface area contributed by atoms with E-state index < -0.39 is 0 Å². The lowest BCUT2D eigenvalue weighted by atomic mass is 10.2. The van der Waals surface area contributed by atoms with Gasteiger partial charge in [-0.05, 0) is 18.2 Å². The molecule has 0 bridgehead atoms. The van der Waals surface area contributed by atoms with Crippen LogP contribution in [0.4, 0.5) is 0 Å². The first kappa shape index (κ1) is 11.2. The van der Waals surface area contributed by atoms with Crippen molar-refractivity contribution in [3.63, 3.8) is 0 Å². The minimum absolute atomic E-state index is 0.496. The van der Waals surface area contributed by atoms with Crippen LogP contribution < -0.4 is 4.74 Å². The van der Waals surface area contributed by atoms with Crippen molar-refractivity contribution in [1.82, 2.24) is 9.97 Å². The quantitative estimate of drug-likeness (QED) is 0.824. The van der Waals surface area contributed by atoms with Gasteiger partial charge in [0, 0.05) is 22.8 Å². The first-order valence-electron chi connectivity index (χ1n) is 4.53. The monoisotopic (exact) mass is 254 g/mol. The van der Waals surface area contributed by atoms with E-state index in [2.05, 4.69) is 9.97 Å². The number of benzene rings is 1. The molecule has 5 heteroatoms. The number of nitrogens with zero attached hydrogens (tertiary/aromatic N) is 2. The molecule has 1 heterocycles. The predicted octanol–water partition coefficient (Wildman–Crippen LogP) is 3.46. The highest BCUT2D eigenvalue weighted by Gasteiger charge is 2.07. The van der Waals surface area contributed by atoms with Crippen LogP contribution in [0.1, 0.15) is 0 Å². The van der Waals surface area contributed by atoms with E-state index in [1.165, 1.54) is 0 Å². The summed E-state index contributed by atoms with van der Waals surface area (Å²) in [6.45, 7) is 0. The Hall–Kier alpha value is -1.32. The molecule has 0 unspecified atom stereocenters. The van der Waals surface area contributed by atoms with Crippen molar-refractivity contribution in [2.24, 2.45) is 0 Å². The average Bonchev–Trinajstić information content (AvgIpc) is 2.29. The van der Waals surface area contributed by atoms with Crippen LogP contribution in [0.3, 0.4) is 0 Å². The van der Waals surface area contributed by atoms with E-state index in [9.17, 15) is 0 Å². The van der Waals surface area contributed by atoms with Gasteiger partial charge in [0.2, 0.25) is 5.88 Å². The molecule has 0 saturated heterocycles. The second-order valence-corrected chi connectivity index (χ2v) is 3.89. The number of aromatic nitrogens is 2. The first-order chi connectivity index (χ1) is 7.70. The minimum atomic E-state index is 0.496. The predicted molar refractivity (Wildman–Crippen MR) is 64.0 cm³/mol. The standard InChI is InChI=1S/C11H8Cl2N2O/c1-16-10-4-5-14-11(15-10)8-3-2-7(12)6-9(8)13/h2-6H,1H3. The van der Waals surface area contributed by atoms with Crippen molar-refractivity contribution < 1.29 is 4.74 Å². The van der Waals surface area contributed by atoms with E-state index in [1.54, 1.807) is 37.6 Å². The van der Waals surface area contributed by atoms with Crippen LogP contribution in [-0.4, -0.2) is 17.1 Å². The number of rotatable bonds is 2. The third-order valence-corrected chi connectivity index (χ3v) is 2.56. The third-order valence-electron chi connectivity index (χ3n) is 2.01. The van der Waals surface area contributed by atoms with Gasteiger partial charge in [-0.15, -0.1) is 0 Å². The Labute approximate surface area is 103 Å². The van der Waals surface area contributed by atoms with Crippen molar-refractivity contribution in [2.75, 3.05) is 7.11 Å². The van der Waals surface area contributed by atoms with Gasteiger partial charge < -0.3 is 4.74 Å². The molecule has 0 aliphatic heterocycles. The fourth-order valence-electron chi connectivity index (χ4n) is 1.26. The SMILES string of the molecule is COc1ccnc(-c2ccc(Cl)cc2Cl)n1. The number of hydrogen-bond donors (Lipinski definition) is 0. The summed E-state index contributed by atoms with van der Waals surface area (Å²) in [5.41, 5.74) is 0.727. The summed E-state index contributed by atoms with van der Waals surface area (Å²) >= 11 is 11.9. The van der Waals surface area contributed by atoms with Gasteiger partial charge in [-0.3, -0.25) is 0 Å². The minimum Gasteiger partial charge on any atom is -0.481 e. The van der Waals surface area contributed by atoms with Crippen molar-refractivity contribution in [1.29, 1.82) is 0 Å². The smallest absolute Gasteiger partial charge is 0.216 e. The molecule has 0 radical (unpaired) electrons. The first-order valence-corrected chi connectivity index (χ1v) is 5.29. The van der Waals surface area contributed by atoms with Gasteiger partial charge in [0.05, 0.1) is 12.1 Å². The number of hydrogen-bond acceptors (Lipinski definition) is 3. The zero-order valence-electron chi connectivity index (χ0n) is 8.45. The van der Waals surface area contributed by atoms with Crippen LogP contribution in [-0.2, 0) is 0 Å². The van der Waals surface area contributed by atoms with E-state index in [4.69, 9.17) is 27.9 Å². The fourth-order valence-corrected chi connectivity index (χ4v) is 1.75. The molecule has 2 aromatic rings. The molecule has 0 amide bonds. The highest BCUT2D eigenvalue weighted by atomic mass is 35.5. The molecule has 0 N–H and O–H groups in total. The Morgan fingerprint density at radius 3 is 2.69 bits per heavy atom. The van der Waals surface area contributed by atoms with Crippen molar-refractivity contribution in [2.45, 2.75) is 0 Å². The van der Waals surface area contributed by atoms with E-state index in [-0.39, 0.29) is 0 Å². The zero-order chi connectivity index (χ0) is 11.5. The van der Waals surface area contributed by atoms with Gasteiger partial charge in [0.25, 0.3) is 0 Å². The largest absolute Gasteiger partial charge is 0.481 e. The van der Waals surface area contributed by atoms with Crippen molar-refractivity contribution in [3.05, 3.63) is 40.5 Å². The highest BCUT2D eigenvalue weighted by Crippen LogP contribution is 2.28. The number of ether oxygens (including phenoxy) is 1. The molecule has 0 aliphatic rings. The van der Waals surface area contributed by atoms with Gasteiger partial charge in [0.1, 0.15) is 0 Å². The summed E-state index contributed by atoms with van der Waals surface area (Å²) in [6, 6.07) is 6.85. The lowest BCUT2D eigenvalue weighted by Gasteiger charge is -2.04. The van der Waals surface area contributed by atoms with Gasteiger partial charge in [0.15, 0.2) is 5.82 Å². The van der Waals surface area contributed by atoms with Crippen LogP contribution in [0, 0.1) is 0 Å². The second kappa shape index (κ2) is 4.68. The third kappa shape index (κ3) is 2.26. The summed E-state index contributed by atoms with van der Waals surface area (Å²) in [6.07, 6.45) is 1.62. The molecule has 2 rings (SSSR count). The van der Waals surface area contributed by atoms with Crippen LogP contribution in [0.5, 0.6) is 5.88 Å². The molecule has 0 atom stereocenters. The molecule has 16 heavy (non-hydrogen) atoms. The number of methoxy groups -OCH3 is 1. The molecule has 0 fully saturated rings. The Morgan fingerprint density at radius 2 is 2.00 bits per heavy atom. The van der Waals surface area contributed by atoms with E-state index in [0.29, 0.717) is 21.7 Å². The topological polar surface area (TPSA) is 35.0 Å². The maximum atomic E-state index is 6.05. The molecule has 3 nitrogen and oxygen atoms in total. The Morgan fingerprint density at radius 1 is 1.19 bits per heavy atom. The average molecular weight is 255 g/mol. The molecular formula is C11H8Cl2N2O. The Bertz CT molecular complexity index is 517. The van der Waals surface area contributed by atoms with Gasteiger partial charge in [-0.2, -0.15) is 4.98 Å². The van der Waals surface area contributed by atoms with Crippen molar-refractivity contribution >= 4 is 23.2 Å². The zero-order valence-corrected chi connectivity index (χ0v) is 9.96. The summed E-state index contributed by atoms with van der Waals surface area (Å²) < 4.78 is 5.02. The van der Waals surface area contributed by atoms with Gasteiger partial charge >= 0.3 is 0 Å². The second-order valence-electron chi connectivity index (χ2n) is 3.05. The molecule has 0 spiro atoms. The maximum Gasteiger partial charge on any atom is 0.216 e. The number of halogens is 2. The molecule has 1 aromatic heterocycles. The maximum absolute atomic E-state index is 6.05. The summed E-state index contributed by atoms with van der Waals surface area (Å²) in [4.78, 5) is 8.32. The molecular weight excluding hydrogens is 247 g/mol. The fraction of sp³-hybridized carbons (Fsp3) is 0.0909. The van der Waals surface area contributed by atoms with Crippen molar-refractivity contribution in [3.8, 4) is 17.3 Å². The molecule has 1 aromatic carbocycles. The van der Waals surface area contributed by atoms with E-state index in [1.807, 2.05) is 0 Å². The Kier molecular flexibility index (Phi) is 3.27. The lowest BCUT2D eigenvalue weighted by molar-refractivity contribution is 0.397. The van der Waals surface area contributed by atoms with E-state index in [0.717, 1.165) is 5.56 Å². The highest BCUT2D eigenvalue weighted by molar-refractivity contribution is 6.36. The summed E-state index contributed by atoms with van der Waals surface area (Å²) in [7, 11) is 1.55. The summed E-state index contributed by atoms with van der Waals surface area (Å²) in [5.74, 6) is 1.01. The molecule has 82 valence electrons.